The summed E-state index contributed by atoms with van der Waals surface area (Å²) in [6, 6.07) is 9.85. The number of benzene rings is 1. The number of esters is 1. The van der Waals surface area contributed by atoms with Gasteiger partial charge in [0.15, 0.2) is 14.4 Å². The van der Waals surface area contributed by atoms with Crippen LogP contribution in [-0.2, 0) is 14.0 Å². The summed E-state index contributed by atoms with van der Waals surface area (Å²) in [4.78, 5) is 12.0. The van der Waals surface area contributed by atoms with E-state index in [-0.39, 0.29) is 11.0 Å². The molecule has 116 valence electrons. The van der Waals surface area contributed by atoms with Crippen molar-refractivity contribution in [2.75, 3.05) is 7.11 Å². The highest BCUT2D eigenvalue weighted by Crippen LogP contribution is 2.37. The van der Waals surface area contributed by atoms with Crippen LogP contribution in [0.3, 0.4) is 0 Å². The van der Waals surface area contributed by atoms with Gasteiger partial charge in [-0.05, 0) is 29.8 Å². The molecule has 0 bridgehead atoms. The molecule has 0 radical (unpaired) electrons. The fourth-order valence-corrected chi connectivity index (χ4v) is 2.70. The Morgan fingerprint density at radius 3 is 2.24 bits per heavy atom. The first-order valence-corrected chi connectivity index (χ1v) is 10.1. The quantitative estimate of drug-likeness (QED) is 0.602. The summed E-state index contributed by atoms with van der Waals surface area (Å²) in [6.07, 6.45) is 3.02. The molecular formula is C17H26O3Si. The number of carbonyl (C=O) groups is 1. The predicted molar refractivity (Wildman–Crippen MR) is 89.6 cm³/mol. The Labute approximate surface area is 129 Å². The van der Waals surface area contributed by atoms with Gasteiger partial charge in [0.25, 0.3) is 0 Å². The second-order valence-corrected chi connectivity index (χ2v) is 11.3. The van der Waals surface area contributed by atoms with E-state index in [9.17, 15) is 4.79 Å². The highest BCUT2D eigenvalue weighted by Gasteiger charge is 2.40. The summed E-state index contributed by atoms with van der Waals surface area (Å²) in [5.74, 6) is -0.355. The van der Waals surface area contributed by atoms with Crippen molar-refractivity contribution in [3.8, 4) is 0 Å². The molecule has 0 N–H and O–H groups in total. The zero-order valence-electron chi connectivity index (χ0n) is 13.8. The highest BCUT2D eigenvalue weighted by molar-refractivity contribution is 6.74. The largest absolute Gasteiger partial charge is 0.467 e. The Balaban J connectivity index is 2.92. The molecule has 3 nitrogen and oxygen atoms in total. The van der Waals surface area contributed by atoms with Crippen LogP contribution in [0.4, 0.5) is 0 Å². The molecular weight excluding hydrogens is 280 g/mol. The van der Waals surface area contributed by atoms with Crippen molar-refractivity contribution in [3.05, 3.63) is 42.0 Å². The Hall–Kier alpha value is -1.39. The average Bonchev–Trinajstić information content (AvgIpc) is 2.42. The second-order valence-electron chi connectivity index (χ2n) is 6.59. The lowest BCUT2D eigenvalue weighted by Crippen LogP contribution is -2.45. The molecule has 0 aliphatic heterocycles. The van der Waals surface area contributed by atoms with E-state index in [0.717, 1.165) is 5.56 Å². The zero-order valence-corrected chi connectivity index (χ0v) is 14.8. The molecule has 1 aromatic rings. The highest BCUT2D eigenvalue weighted by atomic mass is 28.4. The molecule has 1 unspecified atom stereocenters. The third-order valence-corrected chi connectivity index (χ3v) is 8.38. The van der Waals surface area contributed by atoms with Crippen molar-refractivity contribution in [1.29, 1.82) is 0 Å². The average molecular weight is 306 g/mol. The molecule has 21 heavy (non-hydrogen) atoms. The van der Waals surface area contributed by atoms with Gasteiger partial charge in [-0.1, -0.05) is 57.2 Å². The molecule has 0 aliphatic rings. The van der Waals surface area contributed by atoms with Crippen LogP contribution in [0.2, 0.25) is 18.1 Å². The molecule has 1 atom stereocenters. The van der Waals surface area contributed by atoms with E-state index >= 15 is 0 Å². The smallest absolute Gasteiger partial charge is 0.337 e. The van der Waals surface area contributed by atoms with Crippen LogP contribution in [0.5, 0.6) is 0 Å². The van der Waals surface area contributed by atoms with Gasteiger partial charge in [-0.3, -0.25) is 0 Å². The first-order chi connectivity index (χ1) is 9.67. The number of carbonyl (C=O) groups excluding carboxylic acids is 1. The van der Waals surface area contributed by atoms with E-state index in [1.54, 1.807) is 6.08 Å². The molecule has 1 aromatic carbocycles. The summed E-state index contributed by atoms with van der Waals surface area (Å²) < 4.78 is 11.0. The molecule has 0 heterocycles. The maximum absolute atomic E-state index is 12.0. The maximum Gasteiger partial charge on any atom is 0.337 e. The summed E-state index contributed by atoms with van der Waals surface area (Å²) in [5, 5.41) is 0.0415. The lowest BCUT2D eigenvalue weighted by molar-refractivity contribution is -0.147. The maximum atomic E-state index is 12.0. The molecule has 0 amide bonds. The minimum absolute atomic E-state index is 0.0415. The van der Waals surface area contributed by atoms with Crippen LogP contribution >= 0.6 is 0 Å². The van der Waals surface area contributed by atoms with Gasteiger partial charge in [0.05, 0.1) is 7.11 Å². The normalized spacial score (nSPS) is 14.2. The minimum atomic E-state index is -2.04. The molecule has 4 heteroatoms. The van der Waals surface area contributed by atoms with Crippen molar-refractivity contribution in [2.24, 2.45) is 0 Å². The Morgan fingerprint density at radius 1 is 1.19 bits per heavy atom. The molecule has 0 aliphatic carbocycles. The van der Waals surface area contributed by atoms with Crippen molar-refractivity contribution in [2.45, 2.75) is 45.0 Å². The van der Waals surface area contributed by atoms with Crippen molar-refractivity contribution in [3.63, 3.8) is 0 Å². The molecule has 0 fully saturated rings. The van der Waals surface area contributed by atoms with E-state index < -0.39 is 14.4 Å². The van der Waals surface area contributed by atoms with Crippen LogP contribution in [-0.4, -0.2) is 27.5 Å². The summed E-state index contributed by atoms with van der Waals surface area (Å²) in [5.41, 5.74) is 1.03. The van der Waals surface area contributed by atoms with Gasteiger partial charge in [0, 0.05) is 0 Å². The van der Waals surface area contributed by atoms with Gasteiger partial charge in [0.2, 0.25) is 0 Å². The fraction of sp³-hybridized carbons (Fsp3) is 0.471. The molecule has 0 aromatic heterocycles. The summed E-state index contributed by atoms with van der Waals surface area (Å²) in [6.45, 7) is 10.7. The number of hydrogen-bond acceptors (Lipinski definition) is 3. The van der Waals surface area contributed by atoms with E-state index in [0.29, 0.717) is 0 Å². The first-order valence-electron chi connectivity index (χ1n) is 7.16. The molecule has 0 saturated heterocycles. The standard InChI is InChI=1S/C17H26O3Si/c1-17(2,3)21(5,6)20-15(16(18)19-4)13-12-14-10-8-7-9-11-14/h7-13,15H,1-6H3. The van der Waals surface area contributed by atoms with E-state index in [1.165, 1.54) is 7.11 Å². The van der Waals surface area contributed by atoms with Gasteiger partial charge in [-0.15, -0.1) is 0 Å². The third kappa shape index (κ3) is 5.14. The van der Waals surface area contributed by atoms with Crippen LogP contribution in [0.15, 0.2) is 36.4 Å². The van der Waals surface area contributed by atoms with Crippen molar-refractivity contribution in [1.82, 2.24) is 0 Å². The number of hydrogen-bond donors (Lipinski definition) is 0. The van der Waals surface area contributed by atoms with E-state index in [1.807, 2.05) is 36.4 Å². The Morgan fingerprint density at radius 2 is 1.76 bits per heavy atom. The van der Waals surface area contributed by atoms with Gasteiger partial charge in [0.1, 0.15) is 0 Å². The Bertz CT molecular complexity index is 487. The van der Waals surface area contributed by atoms with Gasteiger partial charge < -0.3 is 9.16 Å². The minimum Gasteiger partial charge on any atom is -0.467 e. The van der Waals surface area contributed by atoms with E-state index in [4.69, 9.17) is 9.16 Å². The van der Waals surface area contributed by atoms with Gasteiger partial charge in [-0.25, -0.2) is 4.79 Å². The zero-order chi connectivity index (χ0) is 16.1. The monoisotopic (exact) mass is 306 g/mol. The molecule has 0 saturated carbocycles. The lowest BCUT2D eigenvalue weighted by Gasteiger charge is -2.37. The van der Waals surface area contributed by atoms with Gasteiger partial charge in [-0.2, -0.15) is 0 Å². The van der Waals surface area contributed by atoms with Crippen LogP contribution < -0.4 is 0 Å². The predicted octanol–water partition coefficient (Wildman–Crippen LogP) is 4.26. The van der Waals surface area contributed by atoms with Crippen molar-refractivity contribution < 1.29 is 14.0 Å². The first kappa shape index (κ1) is 17.7. The van der Waals surface area contributed by atoms with Crippen LogP contribution in [0.1, 0.15) is 26.3 Å². The summed E-state index contributed by atoms with van der Waals surface area (Å²) >= 11 is 0. The lowest BCUT2D eigenvalue weighted by atomic mass is 10.2. The van der Waals surface area contributed by atoms with Crippen LogP contribution in [0.25, 0.3) is 6.08 Å². The SMILES string of the molecule is COC(=O)C(C=Cc1ccccc1)O[Si](C)(C)C(C)(C)C. The van der Waals surface area contributed by atoms with E-state index in [2.05, 4.69) is 33.9 Å². The van der Waals surface area contributed by atoms with Crippen LogP contribution in [0, 0.1) is 0 Å². The topological polar surface area (TPSA) is 35.5 Å². The fourth-order valence-electron chi connectivity index (χ4n) is 1.54. The van der Waals surface area contributed by atoms with Crippen molar-refractivity contribution >= 4 is 20.4 Å². The summed E-state index contributed by atoms with van der Waals surface area (Å²) in [7, 11) is -0.648. The van der Waals surface area contributed by atoms with Gasteiger partial charge >= 0.3 is 5.97 Å². The second kappa shape index (κ2) is 7.05. The third-order valence-electron chi connectivity index (χ3n) is 3.92. The molecule has 0 spiro atoms. The number of methoxy groups -OCH3 is 1. The number of rotatable bonds is 5. The molecule has 1 rings (SSSR count). The number of ether oxygens (including phenoxy) is 1. The Kier molecular flexibility index (Phi) is 5.93.